The van der Waals surface area contributed by atoms with Gasteiger partial charge in [0.15, 0.2) is 0 Å². The molecule has 2 aromatic heterocycles. The number of nitrogens with one attached hydrogen (secondary N) is 3. The first kappa shape index (κ1) is 21.6. The summed E-state index contributed by atoms with van der Waals surface area (Å²) in [6.45, 7) is 5.50. The zero-order valence-electron chi connectivity index (χ0n) is 17.7. The topological polar surface area (TPSA) is 91.8 Å². The summed E-state index contributed by atoms with van der Waals surface area (Å²) in [4.78, 5) is 28.1. The molecule has 1 unspecified atom stereocenters. The van der Waals surface area contributed by atoms with Crippen molar-refractivity contribution >= 4 is 45.7 Å². The van der Waals surface area contributed by atoms with Gasteiger partial charge in [-0.3, -0.25) is 14.3 Å². The maximum Gasteiger partial charge on any atom is 0.272 e. The van der Waals surface area contributed by atoms with E-state index in [2.05, 4.69) is 20.7 Å². The van der Waals surface area contributed by atoms with E-state index >= 15 is 0 Å². The van der Waals surface area contributed by atoms with Crippen molar-refractivity contribution in [3.05, 3.63) is 76.5 Å². The van der Waals surface area contributed by atoms with Crippen LogP contribution in [0.5, 0.6) is 0 Å². The smallest absolute Gasteiger partial charge is 0.272 e. The van der Waals surface area contributed by atoms with E-state index in [1.807, 2.05) is 19.9 Å². The van der Waals surface area contributed by atoms with E-state index in [1.165, 1.54) is 18.2 Å². The number of hydrogen-bond acceptors (Lipinski definition) is 3. The monoisotopic (exact) mass is 453 g/mol. The van der Waals surface area contributed by atoms with E-state index in [0.29, 0.717) is 22.3 Å². The molecule has 3 N–H and O–H groups in total. The van der Waals surface area contributed by atoms with Gasteiger partial charge in [0, 0.05) is 22.3 Å². The zero-order chi connectivity index (χ0) is 23.0. The number of hydrogen-bond donors (Lipinski definition) is 3. The number of anilines is 2. The molecule has 2 amide bonds. The lowest BCUT2D eigenvalue weighted by atomic mass is 10.2. The van der Waals surface area contributed by atoms with E-state index in [1.54, 1.807) is 35.9 Å². The number of nitrogens with zero attached hydrogens (tertiary/aromatic N) is 2. The Labute approximate surface area is 188 Å². The van der Waals surface area contributed by atoms with Crippen LogP contribution < -0.4 is 10.6 Å². The molecular weight excluding hydrogens is 433 g/mol. The molecule has 7 nitrogen and oxygen atoms in total. The summed E-state index contributed by atoms with van der Waals surface area (Å²) < 4.78 is 15.5. The average molecular weight is 454 g/mol. The highest BCUT2D eigenvalue weighted by Crippen LogP contribution is 2.27. The molecule has 9 heteroatoms. The van der Waals surface area contributed by atoms with Gasteiger partial charge in [-0.05, 0) is 63.2 Å². The molecule has 0 aliphatic carbocycles. The molecule has 0 saturated carbocycles. The molecular formula is C23H21ClFN5O2. The van der Waals surface area contributed by atoms with Crippen molar-refractivity contribution in [2.24, 2.45) is 0 Å². The Morgan fingerprint density at radius 2 is 1.91 bits per heavy atom. The second kappa shape index (κ2) is 8.47. The summed E-state index contributed by atoms with van der Waals surface area (Å²) in [6.07, 6.45) is 0. The van der Waals surface area contributed by atoms with Gasteiger partial charge in [-0.1, -0.05) is 17.7 Å². The number of halogens is 2. The molecule has 0 radical (unpaired) electrons. The predicted molar refractivity (Wildman–Crippen MR) is 123 cm³/mol. The number of carbonyl (C=O) groups is 2. The minimum Gasteiger partial charge on any atom is -0.350 e. The highest BCUT2D eigenvalue weighted by Gasteiger charge is 2.19. The Kier molecular flexibility index (Phi) is 5.71. The Balaban J connectivity index is 1.46. The molecule has 0 spiro atoms. The first-order chi connectivity index (χ1) is 15.2. The lowest BCUT2D eigenvalue weighted by molar-refractivity contribution is -0.119. The summed E-state index contributed by atoms with van der Waals surface area (Å²) in [6, 6.07) is 12.2. The minimum absolute atomic E-state index is 0.220. The molecule has 0 aliphatic heterocycles. The normalized spacial score (nSPS) is 12.0. The lowest BCUT2D eigenvalue weighted by Crippen LogP contribution is -2.25. The standard InChI is InChI=1S/C23H21ClFN5O2/c1-12-9-13(2)30(29-12)14(3)22(31)28-20-8-7-15(10-17(20)24)26-23(32)21-11-16-18(25)5-4-6-19(16)27-21/h4-11,14,27H,1-3H3,(H,26,32)(H,28,31). The molecule has 2 aromatic carbocycles. The van der Waals surface area contributed by atoms with Gasteiger partial charge in [0.25, 0.3) is 5.91 Å². The second-order valence-electron chi connectivity index (χ2n) is 7.57. The third-order valence-corrected chi connectivity index (χ3v) is 5.44. The van der Waals surface area contributed by atoms with Crippen molar-refractivity contribution in [2.75, 3.05) is 10.6 Å². The fraction of sp³-hybridized carbons (Fsp3) is 0.174. The second-order valence-corrected chi connectivity index (χ2v) is 7.98. The van der Waals surface area contributed by atoms with Crippen LogP contribution in [-0.4, -0.2) is 26.6 Å². The lowest BCUT2D eigenvalue weighted by Gasteiger charge is -2.15. The number of carbonyl (C=O) groups excluding carboxylic acids is 2. The number of aromatic nitrogens is 3. The SMILES string of the molecule is Cc1cc(C)n(C(C)C(=O)Nc2ccc(NC(=O)c3cc4c(F)cccc4[nH]3)cc2Cl)n1. The molecule has 4 rings (SSSR count). The third kappa shape index (κ3) is 4.22. The highest BCUT2D eigenvalue weighted by molar-refractivity contribution is 6.34. The summed E-state index contributed by atoms with van der Waals surface area (Å²) in [5, 5.41) is 10.4. The number of aromatic amines is 1. The Hall–Kier alpha value is -3.65. The van der Waals surface area contributed by atoms with Crippen LogP contribution in [0.25, 0.3) is 10.9 Å². The van der Waals surface area contributed by atoms with Crippen LogP contribution in [-0.2, 0) is 4.79 Å². The van der Waals surface area contributed by atoms with Crippen LogP contribution >= 0.6 is 11.6 Å². The van der Waals surface area contributed by atoms with Crippen molar-refractivity contribution in [1.29, 1.82) is 0 Å². The van der Waals surface area contributed by atoms with Gasteiger partial charge >= 0.3 is 0 Å². The molecule has 164 valence electrons. The van der Waals surface area contributed by atoms with Gasteiger partial charge < -0.3 is 15.6 Å². The van der Waals surface area contributed by atoms with E-state index in [-0.39, 0.29) is 16.6 Å². The fourth-order valence-corrected chi connectivity index (χ4v) is 3.75. The number of benzene rings is 2. The number of rotatable bonds is 5. The van der Waals surface area contributed by atoms with E-state index in [9.17, 15) is 14.0 Å². The maximum absolute atomic E-state index is 13.9. The van der Waals surface area contributed by atoms with Crippen LogP contribution in [0, 0.1) is 19.7 Å². The molecule has 32 heavy (non-hydrogen) atoms. The first-order valence-electron chi connectivity index (χ1n) is 9.94. The van der Waals surface area contributed by atoms with Gasteiger partial charge in [-0.15, -0.1) is 0 Å². The van der Waals surface area contributed by atoms with Crippen molar-refractivity contribution in [1.82, 2.24) is 14.8 Å². The molecule has 1 atom stereocenters. The minimum atomic E-state index is -0.526. The fourth-order valence-electron chi connectivity index (χ4n) is 3.52. The molecule has 0 fully saturated rings. The van der Waals surface area contributed by atoms with Crippen molar-refractivity contribution in [3.8, 4) is 0 Å². The van der Waals surface area contributed by atoms with Gasteiger partial charge in [-0.25, -0.2) is 4.39 Å². The van der Waals surface area contributed by atoms with Gasteiger partial charge in [0.1, 0.15) is 17.6 Å². The summed E-state index contributed by atoms with van der Waals surface area (Å²) in [7, 11) is 0. The highest BCUT2D eigenvalue weighted by atomic mass is 35.5. The molecule has 0 bridgehead atoms. The predicted octanol–water partition coefficient (Wildman–Crippen LogP) is 5.23. The Bertz CT molecular complexity index is 1340. The van der Waals surface area contributed by atoms with Crippen LogP contribution in [0.3, 0.4) is 0 Å². The zero-order valence-corrected chi connectivity index (χ0v) is 18.4. The van der Waals surface area contributed by atoms with Crippen molar-refractivity contribution in [2.45, 2.75) is 26.8 Å². The summed E-state index contributed by atoms with van der Waals surface area (Å²) >= 11 is 6.33. The number of aryl methyl sites for hydroxylation is 2. The molecule has 4 aromatic rings. The molecule has 2 heterocycles. The van der Waals surface area contributed by atoms with E-state index in [0.717, 1.165) is 11.4 Å². The number of fused-ring (bicyclic) bond motifs is 1. The Morgan fingerprint density at radius 1 is 1.12 bits per heavy atom. The average Bonchev–Trinajstić information content (AvgIpc) is 3.33. The Morgan fingerprint density at radius 3 is 2.56 bits per heavy atom. The third-order valence-electron chi connectivity index (χ3n) is 5.13. The summed E-state index contributed by atoms with van der Waals surface area (Å²) in [5.74, 6) is -1.11. The maximum atomic E-state index is 13.9. The number of H-pyrrole nitrogens is 1. The van der Waals surface area contributed by atoms with Crippen LogP contribution in [0.1, 0.15) is 34.8 Å². The first-order valence-corrected chi connectivity index (χ1v) is 10.3. The largest absolute Gasteiger partial charge is 0.350 e. The van der Waals surface area contributed by atoms with Gasteiger partial charge in [-0.2, -0.15) is 5.10 Å². The van der Waals surface area contributed by atoms with Crippen LogP contribution in [0.4, 0.5) is 15.8 Å². The molecule has 0 saturated heterocycles. The van der Waals surface area contributed by atoms with Gasteiger partial charge in [0.2, 0.25) is 5.91 Å². The molecule has 0 aliphatic rings. The van der Waals surface area contributed by atoms with Crippen molar-refractivity contribution < 1.29 is 14.0 Å². The van der Waals surface area contributed by atoms with Gasteiger partial charge in [0.05, 0.1) is 16.4 Å². The number of amides is 2. The van der Waals surface area contributed by atoms with E-state index < -0.39 is 17.8 Å². The summed E-state index contributed by atoms with van der Waals surface area (Å²) in [5.41, 5.74) is 3.31. The van der Waals surface area contributed by atoms with Crippen LogP contribution in [0.15, 0.2) is 48.5 Å². The van der Waals surface area contributed by atoms with Crippen molar-refractivity contribution in [3.63, 3.8) is 0 Å². The van der Waals surface area contributed by atoms with Crippen LogP contribution in [0.2, 0.25) is 5.02 Å². The quantitative estimate of drug-likeness (QED) is 0.386. The van der Waals surface area contributed by atoms with E-state index in [4.69, 9.17) is 11.6 Å².